The highest BCUT2D eigenvalue weighted by atomic mass is 32.1. The molecule has 2 rings (SSSR count). The Labute approximate surface area is 110 Å². The maximum atomic E-state index is 10.5. The van der Waals surface area contributed by atoms with Crippen LogP contribution in [0.4, 0.5) is 5.13 Å². The van der Waals surface area contributed by atoms with Crippen LogP contribution in [0.25, 0.3) is 6.08 Å². The van der Waals surface area contributed by atoms with Gasteiger partial charge in [0.1, 0.15) is 0 Å². The molecule has 2 heterocycles. The number of hydrogen-bond donors (Lipinski definition) is 1. The molecule has 5 nitrogen and oxygen atoms in total. The summed E-state index contributed by atoms with van der Waals surface area (Å²) in [6.45, 7) is 5.95. The van der Waals surface area contributed by atoms with E-state index in [9.17, 15) is 4.79 Å². The van der Waals surface area contributed by atoms with Gasteiger partial charge in [-0.1, -0.05) is 11.3 Å². The van der Waals surface area contributed by atoms with E-state index in [4.69, 9.17) is 5.11 Å². The number of aryl methyl sites for hydroxylation is 1. The van der Waals surface area contributed by atoms with E-state index >= 15 is 0 Å². The van der Waals surface area contributed by atoms with Gasteiger partial charge >= 0.3 is 5.97 Å². The lowest BCUT2D eigenvalue weighted by molar-refractivity contribution is -0.131. The average Bonchev–Trinajstić information content (AvgIpc) is 2.69. The van der Waals surface area contributed by atoms with Gasteiger partial charge in [-0.05, 0) is 20.0 Å². The van der Waals surface area contributed by atoms with Gasteiger partial charge in [0.05, 0.1) is 10.6 Å². The first-order valence-electron chi connectivity index (χ1n) is 5.88. The Bertz CT molecular complexity index is 462. The predicted octanol–water partition coefficient (Wildman–Crippen LogP) is 1.30. The van der Waals surface area contributed by atoms with E-state index < -0.39 is 5.97 Å². The third-order valence-electron chi connectivity index (χ3n) is 2.97. The maximum Gasteiger partial charge on any atom is 0.328 e. The largest absolute Gasteiger partial charge is 0.478 e. The Hall–Kier alpha value is -1.40. The molecule has 1 aliphatic rings. The first kappa shape index (κ1) is 13.0. The number of likely N-dealkylation sites (N-methyl/N-ethyl adjacent to an activating group) is 1. The van der Waals surface area contributed by atoms with Crippen molar-refractivity contribution in [3.63, 3.8) is 0 Å². The van der Waals surface area contributed by atoms with Crippen molar-refractivity contribution in [2.45, 2.75) is 6.92 Å². The molecule has 1 saturated heterocycles. The molecule has 0 unspecified atom stereocenters. The van der Waals surface area contributed by atoms with Gasteiger partial charge in [-0.25, -0.2) is 9.78 Å². The average molecular weight is 267 g/mol. The monoisotopic (exact) mass is 267 g/mol. The number of nitrogens with zero attached hydrogens (tertiary/aromatic N) is 3. The lowest BCUT2D eigenvalue weighted by Crippen LogP contribution is -2.44. The minimum atomic E-state index is -0.927. The van der Waals surface area contributed by atoms with Crippen LogP contribution in [0, 0.1) is 6.92 Å². The number of aromatic nitrogens is 1. The highest BCUT2D eigenvalue weighted by Crippen LogP contribution is 2.27. The van der Waals surface area contributed by atoms with Crippen LogP contribution >= 0.6 is 11.3 Å². The summed E-state index contributed by atoms with van der Waals surface area (Å²) >= 11 is 1.56. The van der Waals surface area contributed by atoms with Crippen molar-refractivity contribution in [2.24, 2.45) is 0 Å². The fourth-order valence-corrected chi connectivity index (χ4v) is 2.85. The molecule has 0 bridgehead atoms. The van der Waals surface area contributed by atoms with Crippen LogP contribution in [0.2, 0.25) is 0 Å². The molecule has 0 amide bonds. The number of carbonyl (C=O) groups is 1. The molecule has 6 heteroatoms. The van der Waals surface area contributed by atoms with Gasteiger partial charge in [-0.15, -0.1) is 0 Å². The van der Waals surface area contributed by atoms with Crippen molar-refractivity contribution in [3.05, 3.63) is 16.6 Å². The van der Waals surface area contributed by atoms with Crippen molar-refractivity contribution in [1.29, 1.82) is 0 Å². The normalized spacial score (nSPS) is 17.6. The number of hydrogen-bond acceptors (Lipinski definition) is 5. The molecule has 0 spiro atoms. The van der Waals surface area contributed by atoms with E-state index in [0.717, 1.165) is 48.0 Å². The predicted molar refractivity (Wildman–Crippen MR) is 73.2 cm³/mol. The summed E-state index contributed by atoms with van der Waals surface area (Å²) < 4.78 is 0. The Morgan fingerprint density at radius 3 is 2.67 bits per heavy atom. The zero-order chi connectivity index (χ0) is 13.1. The Kier molecular flexibility index (Phi) is 3.98. The van der Waals surface area contributed by atoms with Crippen molar-refractivity contribution < 1.29 is 9.90 Å². The van der Waals surface area contributed by atoms with Gasteiger partial charge in [0.2, 0.25) is 0 Å². The second kappa shape index (κ2) is 5.49. The van der Waals surface area contributed by atoms with Crippen LogP contribution in [0.1, 0.15) is 10.6 Å². The van der Waals surface area contributed by atoms with Gasteiger partial charge in [0.25, 0.3) is 0 Å². The number of rotatable bonds is 3. The third kappa shape index (κ3) is 3.08. The molecule has 1 N–H and O–H groups in total. The fourth-order valence-electron chi connectivity index (χ4n) is 1.83. The number of carboxylic acids is 1. The van der Waals surface area contributed by atoms with Crippen LogP contribution in [0.5, 0.6) is 0 Å². The lowest BCUT2D eigenvalue weighted by Gasteiger charge is -2.32. The molecule has 0 radical (unpaired) electrons. The molecule has 1 aromatic rings. The summed E-state index contributed by atoms with van der Waals surface area (Å²) in [6.07, 6.45) is 2.78. The summed E-state index contributed by atoms with van der Waals surface area (Å²) in [5.41, 5.74) is 0.895. The summed E-state index contributed by atoms with van der Waals surface area (Å²) in [7, 11) is 2.12. The number of thiazole rings is 1. The van der Waals surface area contributed by atoms with Crippen molar-refractivity contribution in [3.8, 4) is 0 Å². The maximum absolute atomic E-state index is 10.5. The van der Waals surface area contributed by atoms with Crippen molar-refractivity contribution in [1.82, 2.24) is 9.88 Å². The number of carboxylic acid groups (broad SMARTS) is 1. The second-order valence-corrected chi connectivity index (χ2v) is 5.42. The third-order valence-corrected chi connectivity index (χ3v) is 4.16. The quantitative estimate of drug-likeness (QED) is 0.837. The Balaban J connectivity index is 2.11. The van der Waals surface area contributed by atoms with Gasteiger partial charge in [-0.2, -0.15) is 0 Å². The van der Waals surface area contributed by atoms with Gasteiger partial charge in [0.15, 0.2) is 5.13 Å². The molecule has 1 aromatic heterocycles. The van der Waals surface area contributed by atoms with E-state index in [1.807, 2.05) is 6.92 Å². The molecule has 98 valence electrons. The molecule has 1 fully saturated rings. The van der Waals surface area contributed by atoms with Crippen LogP contribution in [-0.4, -0.2) is 54.2 Å². The zero-order valence-electron chi connectivity index (χ0n) is 10.6. The molecular formula is C12H17N3O2S. The van der Waals surface area contributed by atoms with Crippen LogP contribution < -0.4 is 4.90 Å². The highest BCUT2D eigenvalue weighted by Gasteiger charge is 2.17. The van der Waals surface area contributed by atoms with E-state index in [2.05, 4.69) is 21.8 Å². The number of aliphatic carboxylic acids is 1. The molecule has 0 saturated carbocycles. The van der Waals surface area contributed by atoms with Gasteiger partial charge in [0, 0.05) is 32.3 Å². The number of piperazine rings is 1. The molecule has 0 aliphatic carbocycles. The van der Waals surface area contributed by atoms with E-state index in [-0.39, 0.29) is 0 Å². The van der Waals surface area contributed by atoms with E-state index in [1.54, 1.807) is 17.4 Å². The van der Waals surface area contributed by atoms with Crippen LogP contribution in [-0.2, 0) is 4.79 Å². The molecule has 0 aromatic carbocycles. The summed E-state index contributed by atoms with van der Waals surface area (Å²) in [5.74, 6) is -0.927. The molecule has 1 aliphatic heterocycles. The van der Waals surface area contributed by atoms with Crippen molar-refractivity contribution >= 4 is 28.5 Å². The van der Waals surface area contributed by atoms with E-state index in [0.29, 0.717) is 0 Å². The van der Waals surface area contributed by atoms with Gasteiger partial charge in [-0.3, -0.25) is 0 Å². The summed E-state index contributed by atoms with van der Waals surface area (Å²) in [5, 5.41) is 9.62. The Morgan fingerprint density at radius 1 is 1.39 bits per heavy atom. The standard InChI is InChI=1S/C12H17N3O2S/c1-9-10(3-4-11(16)17)18-12(13-9)15-7-5-14(2)6-8-15/h3-4H,5-8H2,1-2H3,(H,16,17)/b4-3+. The Morgan fingerprint density at radius 2 is 2.06 bits per heavy atom. The first-order chi connectivity index (χ1) is 8.56. The molecule has 18 heavy (non-hydrogen) atoms. The fraction of sp³-hybridized carbons (Fsp3) is 0.500. The molecule has 0 atom stereocenters. The minimum absolute atomic E-state index is 0.895. The van der Waals surface area contributed by atoms with Crippen LogP contribution in [0.15, 0.2) is 6.08 Å². The van der Waals surface area contributed by atoms with E-state index in [1.165, 1.54) is 0 Å². The zero-order valence-corrected chi connectivity index (χ0v) is 11.4. The summed E-state index contributed by atoms with van der Waals surface area (Å²) in [4.78, 5) is 20.5. The lowest BCUT2D eigenvalue weighted by atomic mass is 10.3. The minimum Gasteiger partial charge on any atom is -0.478 e. The summed E-state index contributed by atoms with van der Waals surface area (Å²) in [6, 6.07) is 0. The first-order valence-corrected chi connectivity index (χ1v) is 6.70. The van der Waals surface area contributed by atoms with Crippen LogP contribution in [0.3, 0.4) is 0 Å². The topological polar surface area (TPSA) is 56.7 Å². The highest BCUT2D eigenvalue weighted by molar-refractivity contribution is 7.16. The smallest absolute Gasteiger partial charge is 0.328 e. The second-order valence-electron chi connectivity index (χ2n) is 4.41. The molecular weight excluding hydrogens is 250 g/mol. The van der Waals surface area contributed by atoms with Crippen molar-refractivity contribution in [2.75, 3.05) is 38.1 Å². The SMILES string of the molecule is Cc1nc(N2CCN(C)CC2)sc1/C=C/C(=O)O. The van der Waals surface area contributed by atoms with Gasteiger partial charge < -0.3 is 14.9 Å². The number of anilines is 1.